The average Bonchev–Trinajstić information content (AvgIpc) is 2.55. The lowest BCUT2D eigenvalue weighted by atomic mass is 10.3. The van der Waals surface area contributed by atoms with E-state index in [2.05, 4.69) is 9.97 Å². The van der Waals surface area contributed by atoms with Crippen molar-refractivity contribution in [2.24, 2.45) is 0 Å². The number of nitrogens with zero attached hydrogens (tertiary/aromatic N) is 1. The van der Waals surface area contributed by atoms with Gasteiger partial charge >= 0.3 is 15.6 Å². The Morgan fingerprint density at radius 2 is 1.78 bits per heavy atom. The maximum atomic E-state index is 10.7. The standard InChI is InChI=1S/C8H8N2.CHF3O3S/c1-6-9-7-4-2-3-5-8(7)10-6;2-1(3,4)8(5,6)7/h2-5H,1H3,(H,9,10);(H,5,6,7). The molecule has 0 aliphatic rings. The number of aryl methyl sites for hydroxylation is 1. The minimum atomic E-state index is -5.84. The van der Waals surface area contributed by atoms with Crippen molar-refractivity contribution in [2.75, 3.05) is 0 Å². The van der Waals surface area contributed by atoms with Crippen LogP contribution in [0.4, 0.5) is 13.2 Å². The lowest BCUT2D eigenvalue weighted by Crippen LogP contribution is -2.21. The maximum Gasteiger partial charge on any atom is 0.522 e. The van der Waals surface area contributed by atoms with E-state index in [-0.39, 0.29) is 0 Å². The van der Waals surface area contributed by atoms with Gasteiger partial charge in [0.25, 0.3) is 0 Å². The van der Waals surface area contributed by atoms with E-state index in [1.807, 2.05) is 31.2 Å². The highest BCUT2D eigenvalue weighted by atomic mass is 32.2. The van der Waals surface area contributed by atoms with E-state index in [4.69, 9.17) is 13.0 Å². The van der Waals surface area contributed by atoms with Gasteiger partial charge < -0.3 is 4.98 Å². The fourth-order valence-corrected chi connectivity index (χ4v) is 1.08. The van der Waals surface area contributed by atoms with Crippen molar-refractivity contribution < 1.29 is 26.1 Å². The molecule has 0 bridgehead atoms. The predicted octanol–water partition coefficient (Wildman–Crippen LogP) is 2.27. The molecule has 0 aliphatic heterocycles. The minimum absolute atomic E-state index is 0.973. The van der Waals surface area contributed by atoms with Gasteiger partial charge in [0.1, 0.15) is 5.82 Å². The summed E-state index contributed by atoms with van der Waals surface area (Å²) < 4.78 is 57.5. The number of imidazole rings is 1. The fraction of sp³-hybridized carbons (Fsp3) is 0.222. The quantitative estimate of drug-likeness (QED) is 0.573. The molecule has 1 heterocycles. The van der Waals surface area contributed by atoms with E-state index in [0.717, 1.165) is 16.9 Å². The summed E-state index contributed by atoms with van der Waals surface area (Å²) in [7, 11) is -5.84. The van der Waals surface area contributed by atoms with Crippen LogP contribution in [-0.4, -0.2) is 28.4 Å². The second-order valence-electron chi connectivity index (χ2n) is 3.26. The molecule has 0 atom stereocenters. The first-order valence-corrected chi connectivity index (χ1v) is 6.00. The Labute approximate surface area is 100 Å². The minimum Gasteiger partial charge on any atom is -0.342 e. The second-order valence-corrected chi connectivity index (χ2v) is 4.67. The van der Waals surface area contributed by atoms with Gasteiger partial charge in [-0.1, -0.05) is 12.1 Å². The van der Waals surface area contributed by atoms with Crippen molar-refractivity contribution in [3.63, 3.8) is 0 Å². The molecule has 0 saturated heterocycles. The largest absolute Gasteiger partial charge is 0.522 e. The summed E-state index contributed by atoms with van der Waals surface area (Å²) in [6.07, 6.45) is 0. The molecule has 0 saturated carbocycles. The van der Waals surface area contributed by atoms with Crippen LogP contribution in [0.3, 0.4) is 0 Å². The number of alkyl halides is 3. The number of halogens is 3. The van der Waals surface area contributed by atoms with Crippen LogP contribution in [-0.2, 0) is 10.1 Å². The number of hydrogen-bond donors (Lipinski definition) is 2. The summed E-state index contributed by atoms with van der Waals surface area (Å²) in [5, 5.41) is 0. The molecule has 5 nitrogen and oxygen atoms in total. The van der Waals surface area contributed by atoms with Crippen molar-refractivity contribution in [3.8, 4) is 0 Å². The molecule has 18 heavy (non-hydrogen) atoms. The molecule has 9 heteroatoms. The molecule has 100 valence electrons. The van der Waals surface area contributed by atoms with Crippen LogP contribution < -0.4 is 0 Å². The summed E-state index contributed by atoms with van der Waals surface area (Å²) in [6.45, 7) is 1.96. The van der Waals surface area contributed by atoms with E-state index in [1.54, 1.807) is 0 Å². The Morgan fingerprint density at radius 3 is 2.22 bits per heavy atom. The van der Waals surface area contributed by atoms with Gasteiger partial charge in [0, 0.05) is 0 Å². The van der Waals surface area contributed by atoms with E-state index in [0.29, 0.717) is 0 Å². The van der Waals surface area contributed by atoms with E-state index >= 15 is 0 Å². The molecule has 2 N–H and O–H groups in total. The summed E-state index contributed by atoms with van der Waals surface area (Å²) in [4.78, 5) is 7.40. The first-order chi connectivity index (χ1) is 8.11. The van der Waals surface area contributed by atoms with Gasteiger partial charge in [0.2, 0.25) is 0 Å². The molecular formula is C9H9F3N2O3S. The molecule has 0 amide bonds. The zero-order valence-corrected chi connectivity index (χ0v) is 9.88. The van der Waals surface area contributed by atoms with Gasteiger partial charge in [-0.05, 0) is 19.1 Å². The predicted molar refractivity (Wildman–Crippen MR) is 58.4 cm³/mol. The van der Waals surface area contributed by atoms with Gasteiger partial charge in [0.05, 0.1) is 11.0 Å². The number of para-hydroxylation sites is 2. The fourth-order valence-electron chi connectivity index (χ4n) is 1.08. The number of aromatic amines is 1. The van der Waals surface area contributed by atoms with Gasteiger partial charge in [-0.25, -0.2) is 4.98 Å². The van der Waals surface area contributed by atoms with Crippen LogP contribution in [0, 0.1) is 6.92 Å². The summed E-state index contributed by atoms with van der Waals surface area (Å²) in [6, 6.07) is 8.01. The highest BCUT2D eigenvalue weighted by Gasteiger charge is 2.44. The molecule has 0 spiro atoms. The molecule has 0 radical (unpaired) electrons. The summed E-state index contributed by atoms with van der Waals surface area (Å²) in [5.74, 6) is 0.973. The van der Waals surface area contributed by atoms with Crippen LogP contribution in [0.2, 0.25) is 0 Å². The molecule has 0 aliphatic carbocycles. The summed E-state index contributed by atoms with van der Waals surface area (Å²) in [5.41, 5.74) is -3.38. The number of hydrogen-bond acceptors (Lipinski definition) is 3. The Bertz CT molecular complexity index is 601. The SMILES string of the molecule is Cc1nc2ccccc2[nH]1.O=S(=O)(O)C(F)(F)F. The lowest BCUT2D eigenvalue weighted by molar-refractivity contribution is -0.0510. The number of fused-ring (bicyclic) bond motifs is 1. The van der Waals surface area contributed by atoms with Crippen LogP contribution in [0.1, 0.15) is 5.82 Å². The summed E-state index contributed by atoms with van der Waals surface area (Å²) >= 11 is 0. The molecular weight excluding hydrogens is 273 g/mol. The van der Waals surface area contributed by atoms with Gasteiger partial charge in [-0.3, -0.25) is 4.55 Å². The van der Waals surface area contributed by atoms with Crippen LogP contribution in [0.5, 0.6) is 0 Å². The number of H-pyrrole nitrogens is 1. The molecule has 0 unspecified atom stereocenters. The van der Waals surface area contributed by atoms with Crippen LogP contribution in [0.15, 0.2) is 24.3 Å². The third kappa shape index (κ3) is 3.70. The normalized spacial score (nSPS) is 12.1. The van der Waals surface area contributed by atoms with E-state index in [9.17, 15) is 13.2 Å². The Balaban J connectivity index is 0.000000187. The molecule has 1 aromatic carbocycles. The van der Waals surface area contributed by atoms with Crippen molar-refractivity contribution in [2.45, 2.75) is 12.4 Å². The smallest absolute Gasteiger partial charge is 0.342 e. The molecule has 0 fully saturated rings. The zero-order chi connectivity index (χ0) is 14.0. The molecule has 2 rings (SSSR count). The van der Waals surface area contributed by atoms with Crippen molar-refractivity contribution >= 4 is 21.2 Å². The Kier molecular flexibility index (Phi) is 3.97. The van der Waals surface area contributed by atoms with Gasteiger partial charge in [0.15, 0.2) is 0 Å². The highest BCUT2D eigenvalue weighted by molar-refractivity contribution is 7.86. The average molecular weight is 282 g/mol. The van der Waals surface area contributed by atoms with Gasteiger partial charge in [-0.2, -0.15) is 21.6 Å². The highest BCUT2D eigenvalue weighted by Crippen LogP contribution is 2.20. The Hall–Kier alpha value is -1.61. The monoisotopic (exact) mass is 282 g/mol. The van der Waals surface area contributed by atoms with E-state index < -0.39 is 15.6 Å². The van der Waals surface area contributed by atoms with Crippen molar-refractivity contribution in [1.82, 2.24) is 9.97 Å². The number of rotatable bonds is 0. The van der Waals surface area contributed by atoms with Crippen LogP contribution in [0.25, 0.3) is 11.0 Å². The third-order valence-electron chi connectivity index (χ3n) is 1.80. The van der Waals surface area contributed by atoms with Gasteiger partial charge in [-0.15, -0.1) is 0 Å². The third-order valence-corrected chi connectivity index (χ3v) is 2.39. The van der Waals surface area contributed by atoms with Crippen LogP contribution >= 0.6 is 0 Å². The second kappa shape index (κ2) is 4.94. The lowest BCUT2D eigenvalue weighted by Gasteiger charge is -1.97. The van der Waals surface area contributed by atoms with Crippen molar-refractivity contribution in [3.05, 3.63) is 30.1 Å². The first-order valence-electron chi connectivity index (χ1n) is 4.56. The number of nitrogens with one attached hydrogen (secondary N) is 1. The van der Waals surface area contributed by atoms with Crippen molar-refractivity contribution in [1.29, 1.82) is 0 Å². The number of aromatic nitrogens is 2. The zero-order valence-electron chi connectivity index (χ0n) is 9.06. The van der Waals surface area contributed by atoms with E-state index in [1.165, 1.54) is 0 Å². The topological polar surface area (TPSA) is 83.0 Å². The molecule has 1 aromatic heterocycles. The first kappa shape index (κ1) is 14.5. The molecule has 2 aromatic rings. The Morgan fingerprint density at radius 1 is 1.28 bits per heavy atom. The number of benzene rings is 1. The maximum absolute atomic E-state index is 10.7.